The summed E-state index contributed by atoms with van der Waals surface area (Å²) in [7, 11) is 0. The number of piperazine rings is 1. The predicted octanol–water partition coefficient (Wildman–Crippen LogP) is 3.07. The second-order valence-electron chi connectivity index (χ2n) is 5.64. The Morgan fingerprint density at radius 2 is 2.00 bits per heavy atom. The molecule has 1 aromatic rings. The number of ketones is 1. The van der Waals surface area contributed by atoms with Crippen molar-refractivity contribution in [2.24, 2.45) is 9.98 Å². The molecule has 1 fully saturated rings. The molecule has 0 radical (unpaired) electrons. The molecule has 1 saturated heterocycles. The van der Waals surface area contributed by atoms with Crippen molar-refractivity contribution in [1.29, 1.82) is 0 Å². The topological polar surface area (TPSA) is 48.3 Å². The van der Waals surface area contributed by atoms with E-state index < -0.39 is 0 Å². The maximum absolute atomic E-state index is 11.6. The van der Waals surface area contributed by atoms with E-state index in [0.29, 0.717) is 28.8 Å². The second-order valence-corrected chi connectivity index (χ2v) is 6.42. The van der Waals surface area contributed by atoms with Gasteiger partial charge in [0.1, 0.15) is 0 Å². The van der Waals surface area contributed by atoms with E-state index in [1.807, 2.05) is 12.1 Å². The lowest BCUT2D eigenvalue weighted by Crippen LogP contribution is -2.47. The smallest absolute Gasteiger partial charge is 0.203 e. The van der Waals surface area contributed by atoms with Gasteiger partial charge in [-0.15, -0.1) is 0 Å². The molecule has 24 heavy (non-hydrogen) atoms. The summed E-state index contributed by atoms with van der Waals surface area (Å²) >= 11 is 12.4. The van der Waals surface area contributed by atoms with Gasteiger partial charge in [0.2, 0.25) is 5.78 Å². The summed E-state index contributed by atoms with van der Waals surface area (Å²) in [6.45, 7) is 4.24. The van der Waals surface area contributed by atoms with Crippen molar-refractivity contribution >= 4 is 46.7 Å². The Morgan fingerprint density at radius 1 is 1.21 bits per heavy atom. The Kier molecular flexibility index (Phi) is 5.66. The third-order valence-corrected chi connectivity index (χ3v) is 4.86. The van der Waals surface area contributed by atoms with Crippen LogP contribution in [0.25, 0.3) is 0 Å². The van der Waals surface area contributed by atoms with E-state index in [9.17, 15) is 4.79 Å². The minimum absolute atomic E-state index is 0.0332. The van der Waals surface area contributed by atoms with Crippen molar-refractivity contribution in [1.82, 2.24) is 4.90 Å². The van der Waals surface area contributed by atoms with E-state index in [4.69, 9.17) is 23.2 Å². The number of rotatable bonds is 3. The number of benzene rings is 1. The molecule has 0 bridgehead atoms. The molecule has 0 amide bonds. The number of halogens is 2. The fraction of sp³-hybridized carbons (Fsp3) is 0.353. The quantitative estimate of drug-likeness (QED) is 0.774. The molecule has 2 heterocycles. The SMILES string of the molecule is O=C1CC=CN=C1N=CCN1CCN(c2cccc(Cl)c2Cl)CC1. The highest BCUT2D eigenvalue weighted by Crippen LogP contribution is 2.32. The number of amidine groups is 1. The van der Waals surface area contributed by atoms with Crippen LogP contribution in [-0.4, -0.2) is 55.5 Å². The fourth-order valence-corrected chi connectivity index (χ4v) is 3.12. The molecule has 0 saturated carbocycles. The summed E-state index contributed by atoms with van der Waals surface area (Å²) in [6.07, 6.45) is 5.51. The van der Waals surface area contributed by atoms with Crippen LogP contribution in [0.1, 0.15) is 6.42 Å². The predicted molar refractivity (Wildman–Crippen MR) is 99.8 cm³/mol. The van der Waals surface area contributed by atoms with Crippen LogP contribution in [0.5, 0.6) is 0 Å². The molecular formula is C17H18Cl2N4O. The molecule has 0 N–H and O–H groups in total. The summed E-state index contributed by atoms with van der Waals surface area (Å²) in [5.74, 6) is 0.260. The molecule has 1 aromatic carbocycles. The first-order chi connectivity index (χ1) is 11.6. The van der Waals surface area contributed by atoms with E-state index >= 15 is 0 Å². The second kappa shape index (κ2) is 7.92. The molecule has 7 heteroatoms. The Hall–Kier alpha value is -1.69. The van der Waals surface area contributed by atoms with Crippen LogP contribution in [0, 0.1) is 0 Å². The zero-order valence-corrected chi connectivity index (χ0v) is 14.7. The zero-order chi connectivity index (χ0) is 16.9. The lowest BCUT2D eigenvalue weighted by molar-refractivity contribution is -0.112. The lowest BCUT2D eigenvalue weighted by atomic mass is 10.2. The zero-order valence-electron chi connectivity index (χ0n) is 13.2. The van der Waals surface area contributed by atoms with E-state index in [1.165, 1.54) is 0 Å². The summed E-state index contributed by atoms with van der Waals surface area (Å²) < 4.78 is 0. The van der Waals surface area contributed by atoms with Gasteiger partial charge in [-0.05, 0) is 12.1 Å². The summed E-state index contributed by atoms with van der Waals surface area (Å²) in [6, 6.07) is 5.70. The number of Topliss-reactive ketones (excluding diaryl/α,β-unsaturated/α-hetero) is 1. The number of allylic oxidation sites excluding steroid dienone is 1. The van der Waals surface area contributed by atoms with Crippen LogP contribution in [-0.2, 0) is 4.79 Å². The number of carbonyl (C=O) groups is 1. The standard InChI is InChI=1S/C17H18Cl2N4O/c18-13-3-1-4-14(16(13)19)23-11-9-22(10-12-23)8-7-21-17-15(24)5-2-6-20-17/h1-4,6-7H,5,8-12H2. The van der Waals surface area contributed by atoms with E-state index in [2.05, 4.69) is 19.8 Å². The van der Waals surface area contributed by atoms with Gasteiger partial charge in [0.25, 0.3) is 0 Å². The molecule has 0 spiro atoms. The normalized spacial score (nSPS) is 19.2. The highest BCUT2D eigenvalue weighted by molar-refractivity contribution is 6.43. The fourth-order valence-electron chi connectivity index (χ4n) is 2.70. The van der Waals surface area contributed by atoms with Gasteiger partial charge in [0, 0.05) is 51.6 Å². The summed E-state index contributed by atoms with van der Waals surface area (Å²) in [5, 5.41) is 1.19. The molecule has 2 aliphatic rings. The number of nitrogens with zero attached hydrogens (tertiary/aromatic N) is 4. The van der Waals surface area contributed by atoms with Crippen molar-refractivity contribution < 1.29 is 4.79 Å². The number of hydrogen-bond acceptors (Lipinski definition) is 5. The first-order valence-corrected chi connectivity index (χ1v) is 8.60. The largest absolute Gasteiger partial charge is 0.368 e. The van der Waals surface area contributed by atoms with Gasteiger partial charge in [0.05, 0.1) is 15.7 Å². The van der Waals surface area contributed by atoms with Gasteiger partial charge in [-0.2, -0.15) is 0 Å². The number of hydrogen-bond donors (Lipinski definition) is 0. The molecule has 126 valence electrons. The summed E-state index contributed by atoms with van der Waals surface area (Å²) in [4.78, 5) is 24.3. The Labute approximate surface area is 151 Å². The molecule has 0 aliphatic carbocycles. The maximum atomic E-state index is 11.6. The Morgan fingerprint density at radius 3 is 2.75 bits per heavy atom. The number of aliphatic imine (C=N–C) groups is 2. The average Bonchev–Trinajstić information content (AvgIpc) is 2.60. The first kappa shape index (κ1) is 17.1. The highest BCUT2D eigenvalue weighted by atomic mass is 35.5. The van der Waals surface area contributed by atoms with Crippen molar-refractivity contribution in [3.05, 3.63) is 40.5 Å². The number of anilines is 1. The van der Waals surface area contributed by atoms with Crippen molar-refractivity contribution in [2.75, 3.05) is 37.6 Å². The third kappa shape index (κ3) is 4.04. The average molecular weight is 365 g/mol. The van der Waals surface area contributed by atoms with Gasteiger partial charge < -0.3 is 4.90 Å². The van der Waals surface area contributed by atoms with Crippen molar-refractivity contribution in [3.63, 3.8) is 0 Å². The lowest BCUT2D eigenvalue weighted by Gasteiger charge is -2.36. The summed E-state index contributed by atoms with van der Waals surface area (Å²) in [5.41, 5.74) is 0.978. The molecule has 0 atom stereocenters. The van der Waals surface area contributed by atoms with E-state index in [1.54, 1.807) is 24.6 Å². The van der Waals surface area contributed by atoms with E-state index in [0.717, 1.165) is 31.9 Å². The van der Waals surface area contributed by atoms with Crippen LogP contribution >= 0.6 is 23.2 Å². The third-order valence-electron chi connectivity index (χ3n) is 4.05. The van der Waals surface area contributed by atoms with Crippen LogP contribution in [0.15, 0.2) is 40.5 Å². The van der Waals surface area contributed by atoms with Crippen molar-refractivity contribution in [3.8, 4) is 0 Å². The molecule has 2 aliphatic heterocycles. The van der Waals surface area contributed by atoms with Crippen LogP contribution in [0.3, 0.4) is 0 Å². The van der Waals surface area contributed by atoms with Gasteiger partial charge in [-0.25, -0.2) is 9.98 Å². The Bertz CT molecular complexity index is 707. The minimum atomic E-state index is -0.0332. The number of carbonyl (C=O) groups excluding carboxylic acids is 1. The molecule has 5 nitrogen and oxygen atoms in total. The minimum Gasteiger partial charge on any atom is -0.368 e. The molecule has 0 unspecified atom stereocenters. The van der Waals surface area contributed by atoms with Gasteiger partial charge in [-0.3, -0.25) is 9.69 Å². The van der Waals surface area contributed by atoms with Crippen LogP contribution in [0.4, 0.5) is 5.69 Å². The van der Waals surface area contributed by atoms with Crippen molar-refractivity contribution in [2.45, 2.75) is 6.42 Å². The molecule has 0 aromatic heterocycles. The monoisotopic (exact) mass is 364 g/mol. The molecule has 3 rings (SSSR count). The van der Waals surface area contributed by atoms with Gasteiger partial charge in [0.15, 0.2) is 5.84 Å². The van der Waals surface area contributed by atoms with E-state index in [-0.39, 0.29) is 5.78 Å². The van der Waals surface area contributed by atoms with Gasteiger partial charge in [-0.1, -0.05) is 35.3 Å². The first-order valence-electron chi connectivity index (χ1n) is 7.85. The van der Waals surface area contributed by atoms with Crippen LogP contribution < -0.4 is 4.90 Å². The maximum Gasteiger partial charge on any atom is 0.203 e. The van der Waals surface area contributed by atoms with Gasteiger partial charge >= 0.3 is 0 Å². The van der Waals surface area contributed by atoms with Crippen LogP contribution in [0.2, 0.25) is 10.0 Å². The Balaban J connectivity index is 1.52. The highest BCUT2D eigenvalue weighted by Gasteiger charge is 2.19. The molecular weight excluding hydrogens is 347 g/mol.